The summed E-state index contributed by atoms with van der Waals surface area (Å²) in [4.78, 5) is 24.3. The first-order chi connectivity index (χ1) is 13.4. The van der Waals surface area contributed by atoms with Crippen molar-refractivity contribution in [2.75, 3.05) is 24.2 Å². The molecule has 0 aliphatic carbocycles. The van der Waals surface area contributed by atoms with Crippen molar-refractivity contribution in [2.24, 2.45) is 5.92 Å². The Morgan fingerprint density at radius 3 is 2.71 bits per heavy atom. The maximum absolute atomic E-state index is 12.5. The van der Waals surface area contributed by atoms with E-state index in [0.29, 0.717) is 44.5 Å². The minimum absolute atomic E-state index is 0.0285. The molecule has 0 aromatic heterocycles. The molecule has 28 heavy (non-hydrogen) atoms. The fourth-order valence-electron chi connectivity index (χ4n) is 3.34. The van der Waals surface area contributed by atoms with Gasteiger partial charge in [-0.05, 0) is 43.4 Å². The number of rotatable bonds is 9. The van der Waals surface area contributed by atoms with E-state index in [2.05, 4.69) is 10.6 Å². The van der Waals surface area contributed by atoms with E-state index in [1.165, 1.54) is 4.31 Å². The standard InChI is InChI=1S/C20H31N3O4S/c1-3-7-19(24)22-18-10-5-8-16(13-18)14-21-20(25)17-9-6-11-23(15-17)28(26,27)12-4-2/h5,8,10,13,17H,3-4,6-7,9,11-12,14-15H2,1-2H3,(H,21,25)(H,22,24). The van der Waals surface area contributed by atoms with Crippen LogP contribution in [0.1, 0.15) is 51.5 Å². The quantitative estimate of drug-likeness (QED) is 0.655. The summed E-state index contributed by atoms with van der Waals surface area (Å²) in [5.74, 6) is -0.360. The van der Waals surface area contributed by atoms with Gasteiger partial charge in [-0.2, -0.15) is 0 Å². The summed E-state index contributed by atoms with van der Waals surface area (Å²) >= 11 is 0. The average molecular weight is 410 g/mol. The minimum Gasteiger partial charge on any atom is -0.352 e. The molecule has 1 aliphatic heterocycles. The molecule has 0 bridgehead atoms. The summed E-state index contributed by atoms with van der Waals surface area (Å²) in [7, 11) is -3.28. The highest BCUT2D eigenvalue weighted by Gasteiger charge is 2.31. The number of anilines is 1. The van der Waals surface area contributed by atoms with E-state index in [4.69, 9.17) is 0 Å². The fraction of sp³-hybridized carbons (Fsp3) is 0.600. The molecule has 0 radical (unpaired) electrons. The lowest BCUT2D eigenvalue weighted by atomic mass is 9.98. The first-order valence-electron chi connectivity index (χ1n) is 10.00. The van der Waals surface area contributed by atoms with E-state index < -0.39 is 10.0 Å². The molecule has 2 amide bonds. The van der Waals surface area contributed by atoms with Crippen LogP contribution < -0.4 is 10.6 Å². The Balaban J connectivity index is 1.90. The van der Waals surface area contributed by atoms with E-state index in [9.17, 15) is 18.0 Å². The van der Waals surface area contributed by atoms with E-state index in [0.717, 1.165) is 12.0 Å². The molecule has 1 fully saturated rings. The molecule has 1 aromatic carbocycles. The van der Waals surface area contributed by atoms with E-state index in [1.54, 1.807) is 0 Å². The molecule has 1 unspecified atom stereocenters. The van der Waals surface area contributed by atoms with Crippen molar-refractivity contribution in [2.45, 2.75) is 52.5 Å². The molecule has 1 heterocycles. The van der Waals surface area contributed by atoms with Gasteiger partial charge in [0, 0.05) is 31.7 Å². The third kappa shape index (κ3) is 6.60. The number of piperidine rings is 1. The van der Waals surface area contributed by atoms with Crippen LogP contribution >= 0.6 is 0 Å². The van der Waals surface area contributed by atoms with Gasteiger partial charge in [-0.1, -0.05) is 26.0 Å². The normalized spacial score (nSPS) is 17.9. The molecule has 1 saturated heterocycles. The summed E-state index contributed by atoms with van der Waals surface area (Å²) in [5.41, 5.74) is 1.59. The summed E-state index contributed by atoms with van der Waals surface area (Å²) in [5, 5.41) is 5.75. The lowest BCUT2D eigenvalue weighted by Gasteiger charge is -2.31. The van der Waals surface area contributed by atoms with Crippen molar-refractivity contribution in [3.63, 3.8) is 0 Å². The highest BCUT2D eigenvalue weighted by Crippen LogP contribution is 2.20. The van der Waals surface area contributed by atoms with Crippen LogP contribution in [0.25, 0.3) is 0 Å². The number of carbonyl (C=O) groups is 2. The largest absolute Gasteiger partial charge is 0.352 e. The molecule has 0 spiro atoms. The number of carbonyl (C=O) groups excluding carboxylic acids is 2. The summed E-state index contributed by atoms with van der Waals surface area (Å²) < 4.78 is 26.0. The Morgan fingerprint density at radius 2 is 2.00 bits per heavy atom. The smallest absolute Gasteiger partial charge is 0.224 e. The molecule has 0 saturated carbocycles. The Hall–Kier alpha value is -1.93. The third-order valence-corrected chi connectivity index (χ3v) is 6.81. The van der Waals surface area contributed by atoms with Gasteiger partial charge in [0.25, 0.3) is 0 Å². The highest BCUT2D eigenvalue weighted by atomic mass is 32.2. The van der Waals surface area contributed by atoms with Crippen LogP contribution in [0, 0.1) is 5.92 Å². The van der Waals surface area contributed by atoms with Crippen LogP contribution in [0.15, 0.2) is 24.3 Å². The Labute approximate surface area is 167 Å². The number of nitrogens with one attached hydrogen (secondary N) is 2. The van der Waals surface area contributed by atoms with E-state index in [1.807, 2.05) is 38.1 Å². The maximum atomic E-state index is 12.5. The monoisotopic (exact) mass is 409 g/mol. The predicted octanol–water partition coefficient (Wildman–Crippen LogP) is 2.49. The Bertz CT molecular complexity index is 779. The molecular weight excluding hydrogens is 378 g/mol. The van der Waals surface area contributed by atoms with E-state index >= 15 is 0 Å². The molecule has 2 N–H and O–H groups in total. The van der Waals surface area contributed by atoms with Gasteiger partial charge in [0.15, 0.2) is 0 Å². The van der Waals surface area contributed by atoms with Crippen molar-refractivity contribution >= 4 is 27.5 Å². The van der Waals surface area contributed by atoms with Crippen LogP contribution in [-0.2, 0) is 26.2 Å². The molecule has 156 valence electrons. The molecular formula is C20H31N3O4S. The summed E-state index contributed by atoms with van der Waals surface area (Å²) in [6.45, 7) is 4.87. The van der Waals surface area contributed by atoms with Gasteiger partial charge >= 0.3 is 0 Å². The second-order valence-corrected chi connectivity index (χ2v) is 9.32. The topological polar surface area (TPSA) is 95.6 Å². The molecule has 1 atom stereocenters. The van der Waals surface area contributed by atoms with Crippen LogP contribution in [0.3, 0.4) is 0 Å². The first kappa shape index (κ1) is 22.4. The lowest BCUT2D eigenvalue weighted by Crippen LogP contribution is -2.45. The number of benzene rings is 1. The number of nitrogens with zero attached hydrogens (tertiary/aromatic N) is 1. The first-order valence-corrected chi connectivity index (χ1v) is 11.6. The predicted molar refractivity (Wildman–Crippen MR) is 110 cm³/mol. The van der Waals surface area contributed by atoms with Crippen LogP contribution in [0.4, 0.5) is 5.69 Å². The van der Waals surface area contributed by atoms with Gasteiger partial charge in [-0.25, -0.2) is 12.7 Å². The molecule has 2 rings (SSSR count). The van der Waals surface area contributed by atoms with Gasteiger partial charge in [-0.15, -0.1) is 0 Å². The van der Waals surface area contributed by atoms with Gasteiger partial charge in [0.2, 0.25) is 21.8 Å². The fourth-order valence-corrected chi connectivity index (χ4v) is 4.93. The van der Waals surface area contributed by atoms with Crippen molar-refractivity contribution in [3.05, 3.63) is 29.8 Å². The highest BCUT2D eigenvalue weighted by molar-refractivity contribution is 7.89. The average Bonchev–Trinajstić information content (AvgIpc) is 2.66. The summed E-state index contributed by atoms with van der Waals surface area (Å²) in [6.07, 6.45) is 3.21. The molecule has 8 heteroatoms. The van der Waals surface area contributed by atoms with E-state index in [-0.39, 0.29) is 30.0 Å². The number of amides is 2. The van der Waals surface area contributed by atoms with Crippen molar-refractivity contribution in [1.29, 1.82) is 0 Å². The number of hydrogen-bond donors (Lipinski definition) is 2. The molecule has 1 aliphatic rings. The minimum atomic E-state index is -3.28. The zero-order chi connectivity index (χ0) is 20.6. The Morgan fingerprint density at radius 1 is 1.21 bits per heavy atom. The van der Waals surface area contributed by atoms with Gasteiger partial charge in [0.05, 0.1) is 11.7 Å². The van der Waals surface area contributed by atoms with Gasteiger partial charge < -0.3 is 10.6 Å². The van der Waals surface area contributed by atoms with Crippen LogP contribution in [0.2, 0.25) is 0 Å². The van der Waals surface area contributed by atoms with Gasteiger partial charge in [-0.3, -0.25) is 9.59 Å². The van der Waals surface area contributed by atoms with Gasteiger partial charge in [0.1, 0.15) is 0 Å². The van der Waals surface area contributed by atoms with Crippen molar-refractivity contribution < 1.29 is 18.0 Å². The number of hydrogen-bond acceptors (Lipinski definition) is 4. The third-order valence-electron chi connectivity index (χ3n) is 4.76. The maximum Gasteiger partial charge on any atom is 0.224 e. The summed E-state index contributed by atoms with van der Waals surface area (Å²) in [6, 6.07) is 7.38. The number of sulfonamides is 1. The zero-order valence-electron chi connectivity index (χ0n) is 16.7. The second-order valence-electron chi connectivity index (χ2n) is 7.23. The second kappa shape index (κ2) is 10.6. The van der Waals surface area contributed by atoms with Crippen LogP contribution in [0.5, 0.6) is 0 Å². The Kier molecular flexibility index (Phi) is 8.44. The van der Waals surface area contributed by atoms with Crippen molar-refractivity contribution in [1.82, 2.24) is 9.62 Å². The SMILES string of the molecule is CCCC(=O)Nc1cccc(CNC(=O)C2CCCN(S(=O)(=O)CCC)C2)c1. The molecule has 7 nitrogen and oxygen atoms in total. The molecule has 1 aromatic rings. The lowest BCUT2D eigenvalue weighted by molar-refractivity contribution is -0.126. The van der Waals surface area contributed by atoms with Crippen LogP contribution in [-0.4, -0.2) is 43.4 Å². The van der Waals surface area contributed by atoms with Crippen molar-refractivity contribution in [3.8, 4) is 0 Å². The zero-order valence-corrected chi connectivity index (χ0v) is 17.6.